The fourth-order valence-electron chi connectivity index (χ4n) is 1.39. The van der Waals surface area contributed by atoms with Crippen LogP contribution in [0.5, 0.6) is 0 Å². The smallest absolute Gasteiger partial charge is 0.225 e. The van der Waals surface area contributed by atoms with Crippen molar-refractivity contribution in [3.8, 4) is 0 Å². The van der Waals surface area contributed by atoms with Crippen molar-refractivity contribution in [2.24, 2.45) is 0 Å². The van der Waals surface area contributed by atoms with Gasteiger partial charge in [0, 0.05) is 11.9 Å². The molecule has 5 heteroatoms. The van der Waals surface area contributed by atoms with Gasteiger partial charge in [-0.1, -0.05) is 13.8 Å². The predicted molar refractivity (Wildman–Crippen MR) is 66.1 cm³/mol. The number of hydrogen-bond donors (Lipinski definition) is 1. The number of aromatic nitrogens is 2. The highest BCUT2D eigenvalue weighted by Gasteiger charge is 2.11. The minimum atomic E-state index is 0.295. The highest BCUT2D eigenvalue weighted by atomic mass is 35.5. The maximum absolute atomic E-state index is 5.84. The molecular weight excluding hydrogens is 230 g/mol. The Balaban J connectivity index is 2.68. The van der Waals surface area contributed by atoms with Crippen molar-refractivity contribution in [1.82, 2.24) is 9.97 Å². The molecule has 0 aliphatic rings. The molecule has 3 nitrogen and oxygen atoms in total. The zero-order valence-electron chi connectivity index (χ0n) is 8.84. The van der Waals surface area contributed by atoms with Crippen LogP contribution in [-0.4, -0.2) is 17.0 Å². The molecule has 0 aromatic carbocycles. The molecule has 0 atom stereocenters. The molecule has 0 fully saturated rings. The van der Waals surface area contributed by atoms with Crippen LogP contribution in [0.3, 0.4) is 0 Å². The van der Waals surface area contributed by atoms with Gasteiger partial charge in [-0.25, -0.2) is 9.97 Å². The van der Waals surface area contributed by atoms with Gasteiger partial charge in [-0.3, -0.25) is 0 Å². The molecule has 15 heavy (non-hydrogen) atoms. The molecule has 0 unspecified atom stereocenters. The van der Waals surface area contributed by atoms with Crippen LogP contribution in [0.25, 0.3) is 10.2 Å². The summed E-state index contributed by atoms with van der Waals surface area (Å²) in [4.78, 5) is 10.6. The van der Waals surface area contributed by atoms with Crippen LogP contribution in [0.4, 0.5) is 5.82 Å². The lowest BCUT2D eigenvalue weighted by molar-refractivity contribution is 0.890. The molecule has 80 valence electrons. The summed E-state index contributed by atoms with van der Waals surface area (Å²) in [5.41, 5.74) is 0. The number of nitrogens with one attached hydrogen (secondary N) is 1. The fraction of sp³-hybridized carbons (Fsp3) is 0.400. The van der Waals surface area contributed by atoms with Crippen molar-refractivity contribution in [1.29, 1.82) is 0 Å². The summed E-state index contributed by atoms with van der Waals surface area (Å²) in [5, 5.41) is 4.38. The molecule has 0 bridgehead atoms. The Morgan fingerprint density at radius 1 is 1.40 bits per heavy atom. The van der Waals surface area contributed by atoms with Crippen LogP contribution >= 0.6 is 22.9 Å². The first-order valence-corrected chi connectivity index (χ1v) is 5.96. The van der Waals surface area contributed by atoms with E-state index in [4.69, 9.17) is 11.6 Å². The number of thiophene rings is 1. The molecule has 0 radical (unpaired) electrons. The van der Waals surface area contributed by atoms with Gasteiger partial charge in [0.25, 0.3) is 0 Å². The largest absolute Gasteiger partial charge is 0.372 e. The third kappa shape index (κ3) is 1.92. The summed E-state index contributed by atoms with van der Waals surface area (Å²) in [5.74, 6) is 1.31. The van der Waals surface area contributed by atoms with E-state index in [1.165, 1.54) is 4.88 Å². The highest BCUT2D eigenvalue weighted by molar-refractivity contribution is 7.18. The predicted octanol–water partition coefficient (Wildman–Crippen LogP) is 3.51. The first-order valence-electron chi connectivity index (χ1n) is 4.76. The zero-order chi connectivity index (χ0) is 11.0. The maximum atomic E-state index is 5.84. The lowest BCUT2D eigenvalue weighted by Gasteiger charge is -1.99. The summed E-state index contributed by atoms with van der Waals surface area (Å²) < 4.78 is 0. The summed E-state index contributed by atoms with van der Waals surface area (Å²) >= 11 is 7.51. The molecular formula is C10H12ClN3S. The number of halogens is 1. The van der Waals surface area contributed by atoms with Crippen molar-refractivity contribution in [2.75, 3.05) is 12.4 Å². The standard InChI is InChI=1S/C10H12ClN3S/c1-5(2)7-4-6-8(12-3)13-10(11)14-9(6)15-7/h4-5H,1-3H3,(H,12,13,14). The van der Waals surface area contributed by atoms with E-state index in [9.17, 15) is 0 Å². The van der Waals surface area contributed by atoms with Gasteiger partial charge in [0.15, 0.2) is 0 Å². The summed E-state index contributed by atoms with van der Waals surface area (Å²) in [6, 6.07) is 2.13. The van der Waals surface area contributed by atoms with Crippen molar-refractivity contribution in [2.45, 2.75) is 19.8 Å². The Morgan fingerprint density at radius 2 is 2.13 bits per heavy atom. The molecule has 2 rings (SSSR count). The van der Waals surface area contributed by atoms with Crippen molar-refractivity contribution < 1.29 is 0 Å². The van der Waals surface area contributed by atoms with Gasteiger partial charge in [0.2, 0.25) is 5.28 Å². The third-order valence-electron chi connectivity index (χ3n) is 2.19. The maximum Gasteiger partial charge on any atom is 0.225 e. The molecule has 0 aliphatic carbocycles. The first-order chi connectivity index (χ1) is 7.11. The van der Waals surface area contributed by atoms with Crippen LogP contribution < -0.4 is 5.32 Å². The van der Waals surface area contributed by atoms with E-state index in [0.717, 1.165) is 16.0 Å². The van der Waals surface area contributed by atoms with Crippen LogP contribution in [0.15, 0.2) is 6.07 Å². The summed E-state index contributed by atoms with van der Waals surface area (Å²) in [6.07, 6.45) is 0. The topological polar surface area (TPSA) is 37.8 Å². The molecule has 2 heterocycles. The molecule has 0 saturated carbocycles. The van der Waals surface area contributed by atoms with Gasteiger partial charge >= 0.3 is 0 Å². The monoisotopic (exact) mass is 241 g/mol. The van der Waals surface area contributed by atoms with Crippen LogP contribution in [0, 0.1) is 0 Å². The lowest BCUT2D eigenvalue weighted by Crippen LogP contribution is -1.94. The van der Waals surface area contributed by atoms with Gasteiger partial charge in [-0.2, -0.15) is 0 Å². The number of fused-ring (bicyclic) bond motifs is 1. The third-order valence-corrected chi connectivity index (χ3v) is 3.69. The number of anilines is 1. The minimum absolute atomic E-state index is 0.295. The SMILES string of the molecule is CNc1nc(Cl)nc2sc(C(C)C)cc12. The Morgan fingerprint density at radius 3 is 2.73 bits per heavy atom. The molecule has 1 N–H and O–H groups in total. The van der Waals surface area contributed by atoms with E-state index in [1.54, 1.807) is 11.3 Å². The van der Waals surface area contributed by atoms with Crippen LogP contribution in [0.1, 0.15) is 24.6 Å². The van der Waals surface area contributed by atoms with Crippen molar-refractivity contribution >= 4 is 39.0 Å². The Bertz CT molecular complexity index is 493. The average Bonchev–Trinajstić information content (AvgIpc) is 2.59. The second-order valence-corrected chi connectivity index (χ2v) is 5.01. The summed E-state index contributed by atoms with van der Waals surface area (Å²) in [7, 11) is 1.84. The van der Waals surface area contributed by atoms with E-state index in [-0.39, 0.29) is 0 Å². The highest BCUT2D eigenvalue weighted by Crippen LogP contribution is 2.33. The van der Waals surface area contributed by atoms with Gasteiger partial charge in [0.1, 0.15) is 10.6 Å². The van der Waals surface area contributed by atoms with E-state index >= 15 is 0 Å². The lowest BCUT2D eigenvalue weighted by atomic mass is 10.2. The Hall–Kier alpha value is -0.870. The van der Waals surface area contributed by atoms with Crippen molar-refractivity contribution in [3.63, 3.8) is 0 Å². The van der Waals surface area contributed by atoms with E-state index in [1.807, 2.05) is 7.05 Å². The Labute approximate surface area is 97.5 Å². The van der Waals surface area contributed by atoms with Gasteiger partial charge in [0.05, 0.1) is 5.39 Å². The average molecular weight is 242 g/mol. The molecule has 0 amide bonds. The van der Waals surface area contributed by atoms with Gasteiger partial charge < -0.3 is 5.32 Å². The van der Waals surface area contributed by atoms with Gasteiger partial charge in [-0.05, 0) is 23.6 Å². The summed E-state index contributed by atoms with van der Waals surface area (Å²) in [6.45, 7) is 4.33. The Kier molecular flexibility index (Phi) is 2.80. The normalized spacial score (nSPS) is 11.3. The molecule has 0 saturated heterocycles. The van der Waals surface area contributed by atoms with E-state index in [0.29, 0.717) is 11.2 Å². The number of hydrogen-bond acceptors (Lipinski definition) is 4. The molecule has 2 aromatic heterocycles. The molecule has 0 spiro atoms. The minimum Gasteiger partial charge on any atom is -0.372 e. The van der Waals surface area contributed by atoms with Crippen LogP contribution in [-0.2, 0) is 0 Å². The zero-order valence-corrected chi connectivity index (χ0v) is 10.4. The number of rotatable bonds is 2. The second-order valence-electron chi connectivity index (χ2n) is 3.61. The quantitative estimate of drug-likeness (QED) is 0.818. The first kappa shape index (κ1) is 10.6. The van der Waals surface area contributed by atoms with Crippen molar-refractivity contribution in [3.05, 3.63) is 16.2 Å². The molecule has 0 aliphatic heterocycles. The van der Waals surface area contributed by atoms with E-state index < -0.39 is 0 Å². The second kappa shape index (κ2) is 3.94. The molecule has 2 aromatic rings. The van der Waals surface area contributed by atoms with Gasteiger partial charge in [-0.15, -0.1) is 11.3 Å². The van der Waals surface area contributed by atoms with E-state index in [2.05, 4.69) is 35.2 Å². The van der Waals surface area contributed by atoms with Crippen LogP contribution in [0.2, 0.25) is 5.28 Å². The number of nitrogens with zero attached hydrogens (tertiary/aromatic N) is 2. The fourth-order valence-corrected chi connectivity index (χ4v) is 2.64.